The number of hydrogen-bond acceptors (Lipinski definition) is 5. The molecule has 2 N–H and O–H groups in total. The zero-order valence-corrected chi connectivity index (χ0v) is 13.1. The van der Waals surface area contributed by atoms with E-state index in [9.17, 15) is 0 Å². The summed E-state index contributed by atoms with van der Waals surface area (Å²) < 4.78 is 0. The highest BCUT2D eigenvalue weighted by Gasteiger charge is 2.18. The first-order chi connectivity index (χ1) is 10.8. The third-order valence-electron chi connectivity index (χ3n) is 4.21. The molecule has 0 radical (unpaired) electrons. The Hall–Kier alpha value is -2.30. The predicted octanol–water partition coefficient (Wildman–Crippen LogP) is 3.21. The van der Waals surface area contributed by atoms with Gasteiger partial charge in [0.1, 0.15) is 12.0 Å². The van der Waals surface area contributed by atoms with Gasteiger partial charge in [-0.05, 0) is 25.0 Å². The fourth-order valence-corrected chi connectivity index (χ4v) is 2.95. The smallest absolute Gasteiger partial charge is 0.161 e. The first-order valence-electron chi connectivity index (χ1n) is 7.91. The third-order valence-corrected chi connectivity index (χ3v) is 4.21. The average molecular weight is 297 g/mol. The lowest BCUT2D eigenvalue weighted by Crippen LogP contribution is -2.27. The molecule has 3 rings (SSSR count). The molecule has 2 heterocycles. The van der Waals surface area contributed by atoms with E-state index in [1.165, 1.54) is 25.7 Å². The predicted molar refractivity (Wildman–Crippen MR) is 91.6 cm³/mol. The van der Waals surface area contributed by atoms with Crippen molar-refractivity contribution in [3.63, 3.8) is 0 Å². The Bertz CT molecular complexity index is 606. The Morgan fingerprint density at radius 3 is 2.36 bits per heavy atom. The van der Waals surface area contributed by atoms with E-state index >= 15 is 0 Å². The SMILES string of the molecule is CN(c1ccccc1)c1ncnc(N2CCCCCC2)c1N. The summed E-state index contributed by atoms with van der Waals surface area (Å²) in [5, 5.41) is 0. The molecule has 0 bridgehead atoms. The van der Waals surface area contributed by atoms with Crippen LogP contribution in [0.1, 0.15) is 25.7 Å². The van der Waals surface area contributed by atoms with Crippen molar-refractivity contribution in [2.24, 2.45) is 0 Å². The van der Waals surface area contributed by atoms with E-state index in [1.54, 1.807) is 6.33 Å². The molecule has 0 atom stereocenters. The van der Waals surface area contributed by atoms with Gasteiger partial charge >= 0.3 is 0 Å². The van der Waals surface area contributed by atoms with Crippen molar-refractivity contribution in [2.45, 2.75) is 25.7 Å². The van der Waals surface area contributed by atoms with Gasteiger partial charge < -0.3 is 15.5 Å². The minimum Gasteiger partial charge on any atom is -0.393 e. The molecule has 0 saturated carbocycles. The van der Waals surface area contributed by atoms with Crippen LogP contribution in [0.15, 0.2) is 36.7 Å². The fourth-order valence-electron chi connectivity index (χ4n) is 2.95. The molecule has 2 aromatic rings. The van der Waals surface area contributed by atoms with Crippen LogP contribution in [0, 0.1) is 0 Å². The molecule has 0 spiro atoms. The highest BCUT2D eigenvalue weighted by molar-refractivity contribution is 5.79. The summed E-state index contributed by atoms with van der Waals surface area (Å²) >= 11 is 0. The van der Waals surface area contributed by atoms with Gasteiger partial charge in [0, 0.05) is 25.8 Å². The second-order valence-electron chi connectivity index (χ2n) is 5.73. The van der Waals surface area contributed by atoms with E-state index in [-0.39, 0.29) is 0 Å². The number of nitrogen functional groups attached to an aromatic ring is 1. The second-order valence-corrected chi connectivity index (χ2v) is 5.73. The number of rotatable bonds is 3. The summed E-state index contributed by atoms with van der Waals surface area (Å²) in [5.41, 5.74) is 8.12. The molecule has 1 aliphatic rings. The van der Waals surface area contributed by atoms with E-state index in [4.69, 9.17) is 5.73 Å². The zero-order chi connectivity index (χ0) is 15.4. The molecule has 1 fully saturated rings. The molecule has 5 nitrogen and oxygen atoms in total. The molecule has 5 heteroatoms. The summed E-state index contributed by atoms with van der Waals surface area (Å²) in [6.45, 7) is 2.05. The van der Waals surface area contributed by atoms with Crippen LogP contribution in [0.4, 0.5) is 23.0 Å². The summed E-state index contributed by atoms with van der Waals surface area (Å²) in [6, 6.07) is 10.1. The summed E-state index contributed by atoms with van der Waals surface area (Å²) in [7, 11) is 1.99. The van der Waals surface area contributed by atoms with Gasteiger partial charge in [0.15, 0.2) is 11.6 Å². The molecule has 0 amide bonds. The molecule has 1 aliphatic heterocycles. The van der Waals surface area contributed by atoms with Gasteiger partial charge in [-0.15, -0.1) is 0 Å². The highest BCUT2D eigenvalue weighted by atomic mass is 15.2. The van der Waals surface area contributed by atoms with E-state index in [0.29, 0.717) is 5.69 Å². The molecule has 1 aromatic carbocycles. The van der Waals surface area contributed by atoms with Crippen LogP contribution >= 0.6 is 0 Å². The van der Waals surface area contributed by atoms with Gasteiger partial charge in [0.05, 0.1) is 0 Å². The fraction of sp³-hybridized carbons (Fsp3) is 0.412. The lowest BCUT2D eigenvalue weighted by atomic mass is 10.2. The second kappa shape index (κ2) is 6.64. The number of nitrogens with zero attached hydrogens (tertiary/aromatic N) is 4. The Morgan fingerprint density at radius 2 is 1.68 bits per heavy atom. The summed E-state index contributed by atoms with van der Waals surface area (Å²) in [6.07, 6.45) is 6.60. The Kier molecular flexibility index (Phi) is 4.42. The van der Waals surface area contributed by atoms with Gasteiger partial charge in [0.25, 0.3) is 0 Å². The summed E-state index contributed by atoms with van der Waals surface area (Å²) in [5.74, 6) is 1.63. The van der Waals surface area contributed by atoms with Crippen LogP contribution in [0.5, 0.6) is 0 Å². The maximum Gasteiger partial charge on any atom is 0.161 e. The van der Waals surface area contributed by atoms with Crippen molar-refractivity contribution >= 4 is 23.0 Å². The Labute approximate surface area is 131 Å². The molecule has 1 saturated heterocycles. The molecule has 22 heavy (non-hydrogen) atoms. The maximum atomic E-state index is 6.40. The first kappa shape index (κ1) is 14.6. The monoisotopic (exact) mass is 297 g/mol. The lowest BCUT2D eigenvalue weighted by molar-refractivity contribution is 0.726. The van der Waals surface area contributed by atoms with Crippen molar-refractivity contribution in [2.75, 3.05) is 35.7 Å². The van der Waals surface area contributed by atoms with Gasteiger partial charge in [-0.1, -0.05) is 31.0 Å². The van der Waals surface area contributed by atoms with Crippen LogP contribution in [-0.4, -0.2) is 30.1 Å². The molecule has 0 aliphatic carbocycles. The van der Waals surface area contributed by atoms with Crippen molar-refractivity contribution in [3.8, 4) is 0 Å². The van der Waals surface area contributed by atoms with E-state index in [2.05, 4.69) is 14.9 Å². The number of aromatic nitrogens is 2. The first-order valence-corrected chi connectivity index (χ1v) is 7.91. The maximum absolute atomic E-state index is 6.40. The number of nitrogens with two attached hydrogens (primary N) is 1. The van der Waals surface area contributed by atoms with Crippen LogP contribution in [0.2, 0.25) is 0 Å². The average Bonchev–Trinajstić information content (AvgIpc) is 2.84. The quantitative estimate of drug-likeness (QED) is 0.942. The Balaban J connectivity index is 1.91. The number of para-hydroxylation sites is 1. The number of hydrogen-bond donors (Lipinski definition) is 1. The van der Waals surface area contributed by atoms with Crippen molar-refractivity contribution < 1.29 is 0 Å². The molecular weight excluding hydrogens is 274 g/mol. The topological polar surface area (TPSA) is 58.3 Å². The number of anilines is 4. The standard InChI is InChI=1S/C17H23N5/c1-21(14-9-5-4-6-10-14)16-15(18)17(20-13-19-16)22-11-7-2-3-8-12-22/h4-6,9-10,13H,2-3,7-8,11-12,18H2,1H3. The largest absolute Gasteiger partial charge is 0.393 e. The number of benzene rings is 1. The van der Waals surface area contributed by atoms with Gasteiger partial charge in [0.2, 0.25) is 0 Å². The minimum atomic E-state index is 0.663. The van der Waals surface area contributed by atoms with Gasteiger partial charge in [-0.25, -0.2) is 9.97 Å². The van der Waals surface area contributed by atoms with Gasteiger partial charge in [-0.2, -0.15) is 0 Å². The molecular formula is C17H23N5. The lowest BCUT2D eigenvalue weighted by Gasteiger charge is -2.26. The minimum absolute atomic E-state index is 0.663. The summed E-state index contributed by atoms with van der Waals surface area (Å²) in [4.78, 5) is 13.2. The van der Waals surface area contributed by atoms with Crippen LogP contribution in [0.3, 0.4) is 0 Å². The van der Waals surface area contributed by atoms with Crippen LogP contribution in [-0.2, 0) is 0 Å². The molecule has 0 unspecified atom stereocenters. The van der Waals surface area contributed by atoms with Crippen LogP contribution in [0.25, 0.3) is 0 Å². The molecule has 116 valence electrons. The third kappa shape index (κ3) is 2.98. The molecule has 1 aromatic heterocycles. The van der Waals surface area contributed by atoms with Crippen LogP contribution < -0.4 is 15.5 Å². The van der Waals surface area contributed by atoms with Crippen molar-refractivity contribution in [1.29, 1.82) is 0 Å². The van der Waals surface area contributed by atoms with E-state index in [1.807, 2.05) is 42.3 Å². The zero-order valence-electron chi connectivity index (χ0n) is 13.1. The van der Waals surface area contributed by atoms with E-state index in [0.717, 1.165) is 30.4 Å². The van der Waals surface area contributed by atoms with Crippen molar-refractivity contribution in [1.82, 2.24) is 9.97 Å². The Morgan fingerprint density at radius 1 is 1.00 bits per heavy atom. The van der Waals surface area contributed by atoms with E-state index < -0.39 is 0 Å². The highest BCUT2D eigenvalue weighted by Crippen LogP contribution is 2.32. The van der Waals surface area contributed by atoms with Gasteiger partial charge in [-0.3, -0.25) is 0 Å². The van der Waals surface area contributed by atoms with Crippen molar-refractivity contribution in [3.05, 3.63) is 36.7 Å². The normalized spacial score (nSPS) is 15.4.